The molecule has 124 valence electrons. The number of hydrogen-bond donors (Lipinski definition) is 2. The Labute approximate surface area is 139 Å². The first-order valence-corrected chi connectivity index (χ1v) is 8.27. The lowest BCUT2D eigenvalue weighted by Crippen LogP contribution is -2.32. The molecule has 0 saturated carbocycles. The highest BCUT2D eigenvalue weighted by Crippen LogP contribution is 2.30. The van der Waals surface area contributed by atoms with Gasteiger partial charge in [-0.25, -0.2) is 4.39 Å². The van der Waals surface area contributed by atoms with Crippen molar-refractivity contribution in [2.75, 3.05) is 24.3 Å². The van der Waals surface area contributed by atoms with Crippen LogP contribution in [0.3, 0.4) is 0 Å². The number of alkyl halides is 1. The predicted molar refractivity (Wildman–Crippen MR) is 97.3 cm³/mol. The van der Waals surface area contributed by atoms with Gasteiger partial charge in [-0.3, -0.25) is 0 Å². The third-order valence-corrected chi connectivity index (χ3v) is 4.68. The van der Waals surface area contributed by atoms with Gasteiger partial charge in [0.05, 0.1) is 0 Å². The van der Waals surface area contributed by atoms with Crippen LogP contribution >= 0.6 is 18.5 Å². The molecule has 2 aromatic rings. The maximum atomic E-state index is 14.2. The number of halogens is 1. The van der Waals surface area contributed by atoms with Gasteiger partial charge in [-0.05, 0) is 12.1 Å². The molecule has 0 aliphatic carbocycles. The van der Waals surface area contributed by atoms with Crippen molar-refractivity contribution in [1.82, 2.24) is 15.0 Å². The number of hydrogen-bond acceptors (Lipinski definition) is 6. The SMILES string of the molecule is CNc1nc(Nc2ccccc2)nc(OCC(F)(P)C(C)P)n1. The third kappa shape index (κ3) is 5.22. The van der Waals surface area contributed by atoms with Gasteiger partial charge in [-0.2, -0.15) is 15.0 Å². The van der Waals surface area contributed by atoms with Crippen LogP contribution in [-0.4, -0.2) is 39.7 Å². The zero-order valence-electron chi connectivity index (χ0n) is 13.0. The Morgan fingerprint density at radius 3 is 2.48 bits per heavy atom. The number of nitrogens with zero attached hydrogens (tertiary/aromatic N) is 3. The molecule has 2 rings (SSSR count). The lowest BCUT2D eigenvalue weighted by atomic mass is 10.3. The third-order valence-electron chi connectivity index (χ3n) is 3.05. The van der Waals surface area contributed by atoms with E-state index in [2.05, 4.69) is 44.1 Å². The minimum atomic E-state index is -1.58. The van der Waals surface area contributed by atoms with Crippen molar-refractivity contribution in [1.29, 1.82) is 0 Å². The summed E-state index contributed by atoms with van der Waals surface area (Å²) < 4.78 is 19.6. The molecule has 0 bridgehead atoms. The standard InChI is InChI=1S/C14H20FN5OP2/c1-9(22)14(15,23)8-21-13-19-11(16-2)18-12(20-13)17-10-6-4-3-5-7-10/h3-7,9H,8,22-23H2,1-2H3,(H2,16,17,18,19,20). The highest BCUT2D eigenvalue weighted by molar-refractivity contribution is 7.24. The highest BCUT2D eigenvalue weighted by Gasteiger charge is 2.29. The lowest BCUT2D eigenvalue weighted by Gasteiger charge is -2.23. The van der Waals surface area contributed by atoms with E-state index in [1.54, 1.807) is 14.0 Å². The molecular formula is C14H20FN5OP2. The molecule has 0 fully saturated rings. The van der Waals surface area contributed by atoms with E-state index in [9.17, 15) is 4.39 Å². The van der Waals surface area contributed by atoms with Crippen molar-refractivity contribution in [3.63, 3.8) is 0 Å². The Balaban J connectivity index is 2.15. The van der Waals surface area contributed by atoms with Gasteiger partial charge < -0.3 is 15.4 Å². The van der Waals surface area contributed by atoms with Crippen LogP contribution in [0.2, 0.25) is 0 Å². The summed E-state index contributed by atoms with van der Waals surface area (Å²) in [6, 6.07) is 9.52. The largest absolute Gasteiger partial charge is 0.459 e. The van der Waals surface area contributed by atoms with E-state index in [-0.39, 0.29) is 18.3 Å². The zero-order valence-corrected chi connectivity index (χ0v) is 15.3. The second-order valence-corrected chi connectivity index (χ2v) is 6.97. The molecule has 1 heterocycles. The summed E-state index contributed by atoms with van der Waals surface area (Å²) in [5.41, 5.74) is 0.538. The van der Waals surface area contributed by atoms with E-state index in [1.165, 1.54) is 0 Å². The van der Waals surface area contributed by atoms with Gasteiger partial charge in [0.1, 0.15) is 6.61 Å². The minimum absolute atomic E-state index is 0.0536. The van der Waals surface area contributed by atoms with Crippen LogP contribution in [0.1, 0.15) is 6.92 Å². The Kier molecular flexibility index (Phi) is 6.03. The fraction of sp³-hybridized carbons (Fsp3) is 0.357. The molecule has 1 aromatic heterocycles. The molecule has 0 spiro atoms. The average molecular weight is 355 g/mol. The van der Waals surface area contributed by atoms with Gasteiger partial charge in [-0.1, -0.05) is 34.4 Å². The van der Waals surface area contributed by atoms with E-state index < -0.39 is 5.41 Å². The molecule has 9 heteroatoms. The molecule has 4 unspecified atom stereocenters. The molecule has 0 aliphatic heterocycles. The summed E-state index contributed by atoms with van der Waals surface area (Å²) in [5.74, 6) is 0.651. The monoisotopic (exact) mass is 355 g/mol. The van der Waals surface area contributed by atoms with Gasteiger partial charge >= 0.3 is 6.01 Å². The van der Waals surface area contributed by atoms with Crippen molar-refractivity contribution in [2.24, 2.45) is 0 Å². The minimum Gasteiger partial charge on any atom is -0.459 e. The van der Waals surface area contributed by atoms with Crippen molar-refractivity contribution >= 4 is 36.1 Å². The number of benzene rings is 1. The summed E-state index contributed by atoms with van der Waals surface area (Å²) in [5, 5.41) is 4.30. The van der Waals surface area contributed by atoms with Crippen molar-refractivity contribution in [3.05, 3.63) is 30.3 Å². The number of nitrogens with one attached hydrogen (secondary N) is 2. The Morgan fingerprint density at radius 2 is 1.87 bits per heavy atom. The van der Waals surface area contributed by atoms with Gasteiger partial charge in [0.2, 0.25) is 11.9 Å². The smallest absolute Gasteiger partial charge is 0.323 e. The summed E-state index contributed by atoms with van der Waals surface area (Å²) >= 11 is 0. The zero-order chi connectivity index (χ0) is 16.9. The van der Waals surface area contributed by atoms with E-state index in [4.69, 9.17) is 4.74 Å². The Bertz CT molecular complexity index is 642. The molecule has 23 heavy (non-hydrogen) atoms. The second kappa shape index (κ2) is 7.80. The van der Waals surface area contributed by atoms with E-state index in [0.29, 0.717) is 11.9 Å². The van der Waals surface area contributed by atoms with Crippen LogP contribution in [0.15, 0.2) is 30.3 Å². The molecule has 0 aliphatic rings. The predicted octanol–water partition coefficient (Wildman–Crippen LogP) is 2.84. The molecule has 6 nitrogen and oxygen atoms in total. The summed E-state index contributed by atoms with van der Waals surface area (Å²) in [7, 11) is 6.25. The lowest BCUT2D eigenvalue weighted by molar-refractivity contribution is 0.157. The first kappa shape index (κ1) is 17.8. The topological polar surface area (TPSA) is 72.0 Å². The van der Waals surface area contributed by atoms with E-state index in [0.717, 1.165) is 5.69 Å². The number of aromatic nitrogens is 3. The van der Waals surface area contributed by atoms with Crippen LogP contribution in [-0.2, 0) is 0 Å². The van der Waals surface area contributed by atoms with Gasteiger partial charge in [0, 0.05) is 18.4 Å². The molecule has 1 aromatic carbocycles. The molecule has 0 radical (unpaired) electrons. The van der Waals surface area contributed by atoms with Crippen LogP contribution in [0.4, 0.5) is 22.0 Å². The first-order valence-electron chi connectivity index (χ1n) is 7.03. The average Bonchev–Trinajstić information content (AvgIpc) is 2.53. The molecule has 0 amide bonds. The fourth-order valence-electron chi connectivity index (χ4n) is 1.55. The summed E-state index contributed by atoms with van der Waals surface area (Å²) in [4.78, 5) is 12.4. The van der Waals surface area contributed by atoms with E-state index in [1.807, 2.05) is 30.3 Å². The maximum Gasteiger partial charge on any atom is 0.323 e. The summed E-state index contributed by atoms with van der Waals surface area (Å²) in [6.07, 6.45) is 0. The van der Waals surface area contributed by atoms with E-state index >= 15 is 0 Å². The Morgan fingerprint density at radius 1 is 1.22 bits per heavy atom. The second-order valence-electron chi connectivity index (χ2n) is 5.01. The highest BCUT2D eigenvalue weighted by atomic mass is 31.0. The van der Waals surface area contributed by atoms with Gasteiger partial charge in [0.25, 0.3) is 0 Å². The van der Waals surface area contributed by atoms with Crippen LogP contribution in [0.5, 0.6) is 6.01 Å². The molecule has 4 atom stereocenters. The molecule has 0 saturated heterocycles. The number of rotatable bonds is 7. The van der Waals surface area contributed by atoms with Crippen LogP contribution in [0.25, 0.3) is 0 Å². The molecule has 2 N–H and O–H groups in total. The van der Waals surface area contributed by atoms with Gasteiger partial charge in [0.15, 0.2) is 5.41 Å². The van der Waals surface area contributed by atoms with Crippen LogP contribution in [0, 0.1) is 0 Å². The molecular weight excluding hydrogens is 335 g/mol. The number of para-hydroxylation sites is 1. The van der Waals surface area contributed by atoms with Crippen molar-refractivity contribution in [3.8, 4) is 6.01 Å². The van der Waals surface area contributed by atoms with Gasteiger partial charge in [-0.15, -0.1) is 9.24 Å². The maximum absolute atomic E-state index is 14.2. The number of anilines is 3. The normalized spacial score (nSPS) is 14.7. The van der Waals surface area contributed by atoms with Crippen LogP contribution < -0.4 is 15.4 Å². The van der Waals surface area contributed by atoms with Crippen molar-refractivity contribution < 1.29 is 9.13 Å². The summed E-state index contributed by atoms with van der Waals surface area (Å²) in [6.45, 7) is 1.57. The first-order chi connectivity index (χ1) is 10.9. The number of ether oxygens (including phenoxy) is 1. The quantitative estimate of drug-likeness (QED) is 0.744. The van der Waals surface area contributed by atoms with Crippen molar-refractivity contribution in [2.45, 2.75) is 18.0 Å². The fourth-order valence-corrected chi connectivity index (χ4v) is 1.73. The Hall–Kier alpha value is -1.58.